The second kappa shape index (κ2) is 5.17. The Labute approximate surface area is 85.0 Å². The van der Waals surface area contributed by atoms with Gasteiger partial charge in [-0.25, -0.2) is 8.42 Å². The molecule has 13 heavy (non-hydrogen) atoms. The van der Waals surface area contributed by atoms with Crippen molar-refractivity contribution in [2.75, 3.05) is 37.0 Å². The van der Waals surface area contributed by atoms with Gasteiger partial charge in [-0.3, -0.25) is 0 Å². The minimum absolute atomic E-state index is 0.315. The van der Waals surface area contributed by atoms with E-state index in [1.807, 2.05) is 0 Å². The predicted octanol–water partition coefficient (Wildman–Crippen LogP) is 0.736. The van der Waals surface area contributed by atoms with Crippen LogP contribution >= 0.6 is 11.6 Å². The van der Waals surface area contributed by atoms with Gasteiger partial charge in [0.05, 0.1) is 11.5 Å². The zero-order chi connectivity index (χ0) is 9.73. The average Bonchev–Trinajstić information content (AvgIpc) is 2.23. The highest BCUT2D eigenvalue weighted by molar-refractivity contribution is 7.91. The van der Waals surface area contributed by atoms with Gasteiger partial charge in [-0.15, -0.1) is 11.6 Å². The van der Waals surface area contributed by atoms with Crippen molar-refractivity contribution in [1.82, 2.24) is 4.90 Å². The molecule has 0 spiro atoms. The van der Waals surface area contributed by atoms with Crippen LogP contribution in [-0.4, -0.2) is 50.3 Å². The SMILES string of the molecule is O=S1(=O)CCCN(CCCCl)CC1. The van der Waals surface area contributed by atoms with E-state index >= 15 is 0 Å². The molecule has 0 bridgehead atoms. The fraction of sp³-hybridized carbons (Fsp3) is 1.00. The highest BCUT2D eigenvalue weighted by atomic mass is 35.5. The van der Waals surface area contributed by atoms with Crippen LogP contribution in [0.1, 0.15) is 12.8 Å². The Hall–Kier alpha value is 0.200. The molecule has 0 atom stereocenters. The normalized spacial score (nSPS) is 24.1. The van der Waals surface area contributed by atoms with E-state index in [1.54, 1.807) is 0 Å². The summed E-state index contributed by atoms with van der Waals surface area (Å²) >= 11 is 5.57. The van der Waals surface area contributed by atoms with Crippen molar-refractivity contribution in [3.8, 4) is 0 Å². The van der Waals surface area contributed by atoms with Crippen LogP contribution in [0.25, 0.3) is 0 Å². The smallest absolute Gasteiger partial charge is 0.151 e. The summed E-state index contributed by atoms with van der Waals surface area (Å²) in [6, 6.07) is 0. The van der Waals surface area contributed by atoms with Gasteiger partial charge in [0.2, 0.25) is 0 Å². The summed E-state index contributed by atoms with van der Waals surface area (Å²) in [6.07, 6.45) is 1.71. The Morgan fingerprint density at radius 2 is 2.00 bits per heavy atom. The minimum atomic E-state index is -2.75. The Bertz CT molecular complexity index is 241. The highest BCUT2D eigenvalue weighted by Crippen LogP contribution is 2.05. The van der Waals surface area contributed by atoms with Crippen molar-refractivity contribution in [2.45, 2.75) is 12.8 Å². The first-order chi connectivity index (χ1) is 6.14. The molecule has 1 saturated heterocycles. The fourth-order valence-electron chi connectivity index (χ4n) is 1.50. The topological polar surface area (TPSA) is 37.4 Å². The molecule has 3 nitrogen and oxygen atoms in total. The molecule has 1 rings (SSSR count). The van der Waals surface area contributed by atoms with Gasteiger partial charge in [0.25, 0.3) is 0 Å². The number of nitrogens with zero attached hydrogens (tertiary/aromatic N) is 1. The number of hydrogen-bond donors (Lipinski definition) is 0. The summed E-state index contributed by atoms with van der Waals surface area (Å²) in [4.78, 5) is 2.19. The number of halogens is 1. The molecule has 78 valence electrons. The van der Waals surface area contributed by atoms with E-state index < -0.39 is 9.84 Å². The first-order valence-electron chi connectivity index (χ1n) is 4.63. The lowest BCUT2D eigenvalue weighted by Crippen LogP contribution is -2.28. The molecule has 1 heterocycles. The lowest BCUT2D eigenvalue weighted by Gasteiger charge is -2.17. The van der Waals surface area contributed by atoms with E-state index in [0.29, 0.717) is 23.9 Å². The lowest BCUT2D eigenvalue weighted by atomic mass is 10.3. The summed E-state index contributed by atoms with van der Waals surface area (Å²) < 4.78 is 22.5. The summed E-state index contributed by atoms with van der Waals surface area (Å²) in [5, 5.41) is 0. The molecular formula is C8H16ClNO2S. The Morgan fingerprint density at radius 1 is 1.23 bits per heavy atom. The second-order valence-electron chi connectivity index (χ2n) is 3.39. The van der Waals surface area contributed by atoms with Crippen LogP contribution in [0, 0.1) is 0 Å². The Kier molecular flexibility index (Phi) is 4.49. The maximum Gasteiger partial charge on any atom is 0.151 e. The van der Waals surface area contributed by atoms with Gasteiger partial charge in [-0.2, -0.15) is 0 Å². The molecule has 0 aromatic rings. The molecule has 1 fully saturated rings. The van der Waals surface area contributed by atoms with Gasteiger partial charge in [-0.1, -0.05) is 0 Å². The zero-order valence-electron chi connectivity index (χ0n) is 7.71. The van der Waals surface area contributed by atoms with Gasteiger partial charge in [0.1, 0.15) is 0 Å². The van der Waals surface area contributed by atoms with Gasteiger partial charge in [0, 0.05) is 12.4 Å². The third-order valence-electron chi connectivity index (χ3n) is 2.26. The van der Waals surface area contributed by atoms with Crippen LogP contribution in [0.5, 0.6) is 0 Å². The van der Waals surface area contributed by atoms with Crippen LogP contribution in [0.2, 0.25) is 0 Å². The summed E-state index contributed by atoms with van der Waals surface area (Å²) in [5.41, 5.74) is 0. The largest absolute Gasteiger partial charge is 0.302 e. The number of hydrogen-bond acceptors (Lipinski definition) is 3. The summed E-state index contributed by atoms with van der Waals surface area (Å²) in [5.74, 6) is 1.32. The number of alkyl halides is 1. The highest BCUT2D eigenvalue weighted by Gasteiger charge is 2.18. The van der Waals surface area contributed by atoms with E-state index in [4.69, 9.17) is 11.6 Å². The second-order valence-corrected chi connectivity index (χ2v) is 6.07. The van der Waals surface area contributed by atoms with E-state index in [0.717, 1.165) is 25.9 Å². The Balaban J connectivity index is 2.36. The van der Waals surface area contributed by atoms with Crippen molar-refractivity contribution in [3.63, 3.8) is 0 Å². The third-order valence-corrected chi connectivity index (χ3v) is 4.24. The quantitative estimate of drug-likeness (QED) is 0.665. The molecule has 1 aliphatic rings. The third kappa shape index (κ3) is 4.29. The van der Waals surface area contributed by atoms with Crippen LogP contribution in [0.3, 0.4) is 0 Å². The minimum Gasteiger partial charge on any atom is -0.302 e. The van der Waals surface area contributed by atoms with Gasteiger partial charge in [-0.05, 0) is 25.9 Å². The maximum atomic E-state index is 11.2. The standard InChI is InChI=1S/C8H16ClNO2S/c9-3-1-4-10-5-2-7-13(11,12)8-6-10/h1-8H2. The molecule has 0 unspecified atom stereocenters. The number of sulfone groups is 1. The summed E-state index contributed by atoms with van der Waals surface area (Å²) in [6.45, 7) is 2.51. The van der Waals surface area contributed by atoms with E-state index in [-0.39, 0.29) is 0 Å². The maximum absolute atomic E-state index is 11.2. The summed E-state index contributed by atoms with van der Waals surface area (Å²) in [7, 11) is -2.75. The predicted molar refractivity (Wildman–Crippen MR) is 55.0 cm³/mol. The molecule has 0 radical (unpaired) electrons. The van der Waals surface area contributed by atoms with E-state index in [9.17, 15) is 8.42 Å². The van der Waals surface area contributed by atoms with Crippen LogP contribution in [0.4, 0.5) is 0 Å². The van der Waals surface area contributed by atoms with Crippen LogP contribution < -0.4 is 0 Å². The van der Waals surface area contributed by atoms with Gasteiger partial charge < -0.3 is 4.90 Å². The fourth-order valence-corrected chi connectivity index (χ4v) is 2.93. The first kappa shape index (κ1) is 11.3. The first-order valence-corrected chi connectivity index (χ1v) is 6.98. The van der Waals surface area contributed by atoms with Crippen LogP contribution in [-0.2, 0) is 9.84 Å². The zero-order valence-corrected chi connectivity index (χ0v) is 9.28. The van der Waals surface area contributed by atoms with E-state index in [2.05, 4.69) is 4.90 Å². The van der Waals surface area contributed by atoms with Crippen molar-refractivity contribution in [1.29, 1.82) is 0 Å². The molecular weight excluding hydrogens is 210 g/mol. The number of rotatable bonds is 3. The monoisotopic (exact) mass is 225 g/mol. The molecule has 0 amide bonds. The molecule has 0 aromatic heterocycles. The van der Waals surface area contributed by atoms with Crippen molar-refractivity contribution in [3.05, 3.63) is 0 Å². The molecule has 0 aromatic carbocycles. The van der Waals surface area contributed by atoms with Crippen molar-refractivity contribution in [2.24, 2.45) is 0 Å². The van der Waals surface area contributed by atoms with Crippen molar-refractivity contribution < 1.29 is 8.42 Å². The van der Waals surface area contributed by atoms with E-state index in [1.165, 1.54) is 0 Å². The van der Waals surface area contributed by atoms with Gasteiger partial charge in [0.15, 0.2) is 9.84 Å². The van der Waals surface area contributed by atoms with Crippen molar-refractivity contribution >= 4 is 21.4 Å². The van der Waals surface area contributed by atoms with Crippen LogP contribution in [0.15, 0.2) is 0 Å². The molecule has 5 heteroatoms. The Morgan fingerprint density at radius 3 is 2.69 bits per heavy atom. The lowest BCUT2D eigenvalue weighted by molar-refractivity contribution is 0.296. The molecule has 1 aliphatic heterocycles. The van der Waals surface area contributed by atoms with Gasteiger partial charge >= 0.3 is 0 Å². The molecule has 0 N–H and O–H groups in total. The molecule has 0 aliphatic carbocycles. The average molecular weight is 226 g/mol. The molecule has 0 saturated carbocycles.